The molecular formula is C13H16N4. The molecule has 0 unspecified atom stereocenters. The lowest BCUT2D eigenvalue weighted by Gasteiger charge is -2.11. The summed E-state index contributed by atoms with van der Waals surface area (Å²) in [4.78, 5) is 4.15. The second-order valence-electron chi connectivity index (χ2n) is 4.27. The molecule has 0 amide bonds. The summed E-state index contributed by atoms with van der Waals surface area (Å²) in [5, 5.41) is 8.11. The van der Waals surface area contributed by atoms with Crippen LogP contribution in [-0.2, 0) is 0 Å². The highest BCUT2D eigenvalue weighted by atomic mass is 15.2. The number of aryl methyl sites for hydroxylation is 2. The van der Waals surface area contributed by atoms with Gasteiger partial charge in [0, 0.05) is 5.56 Å². The Balaban J connectivity index is 2.65. The average Bonchev–Trinajstić information content (AvgIpc) is 2.28. The van der Waals surface area contributed by atoms with Crippen molar-refractivity contribution in [3.8, 4) is 11.3 Å². The molecule has 4 heteroatoms. The van der Waals surface area contributed by atoms with E-state index in [1.165, 1.54) is 16.7 Å². The van der Waals surface area contributed by atoms with Crippen molar-refractivity contribution < 1.29 is 0 Å². The maximum atomic E-state index is 5.90. The van der Waals surface area contributed by atoms with E-state index in [-0.39, 0.29) is 0 Å². The van der Waals surface area contributed by atoms with Crippen molar-refractivity contribution in [2.45, 2.75) is 27.7 Å². The van der Waals surface area contributed by atoms with Crippen LogP contribution in [0.25, 0.3) is 11.3 Å². The van der Waals surface area contributed by atoms with Crippen molar-refractivity contribution >= 4 is 5.82 Å². The Hall–Kier alpha value is -1.97. The zero-order chi connectivity index (χ0) is 12.6. The molecule has 17 heavy (non-hydrogen) atoms. The van der Waals surface area contributed by atoms with Crippen molar-refractivity contribution in [3.63, 3.8) is 0 Å². The molecule has 0 aliphatic heterocycles. The molecule has 0 aliphatic carbocycles. The molecule has 88 valence electrons. The number of nitrogens with zero attached hydrogens (tertiary/aromatic N) is 3. The molecule has 0 saturated heterocycles. The zero-order valence-corrected chi connectivity index (χ0v) is 10.6. The van der Waals surface area contributed by atoms with E-state index in [1.54, 1.807) is 6.92 Å². The minimum absolute atomic E-state index is 0.434. The van der Waals surface area contributed by atoms with Crippen LogP contribution in [0, 0.1) is 27.7 Å². The third-order valence-corrected chi connectivity index (χ3v) is 3.13. The molecule has 0 spiro atoms. The second-order valence-corrected chi connectivity index (χ2v) is 4.27. The number of nitrogens with two attached hydrogens (primary N) is 1. The normalized spacial score (nSPS) is 10.6. The number of hydrogen-bond donors (Lipinski definition) is 1. The SMILES string of the molecule is Cc1nnc(-c2ccc(C)c(C)c2C)c(N)n1. The van der Waals surface area contributed by atoms with Gasteiger partial charge in [0.1, 0.15) is 11.5 Å². The minimum atomic E-state index is 0.434. The van der Waals surface area contributed by atoms with Crippen LogP contribution >= 0.6 is 0 Å². The van der Waals surface area contributed by atoms with E-state index in [1.807, 2.05) is 6.07 Å². The van der Waals surface area contributed by atoms with Gasteiger partial charge in [0.05, 0.1) is 0 Å². The van der Waals surface area contributed by atoms with Gasteiger partial charge in [-0.2, -0.15) is 0 Å². The van der Waals surface area contributed by atoms with Gasteiger partial charge in [0.25, 0.3) is 0 Å². The van der Waals surface area contributed by atoms with Gasteiger partial charge in [-0.05, 0) is 44.4 Å². The number of benzene rings is 1. The van der Waals surface area contributed by atoms with E-state index in [2.05, 4.69) is 42.0 Å². The number of nitrogen functional groups attached to an aromatic ring is 1. The Kier molecular flexibility index (Phi) is 2.79. The Morgan fingerprint density at radius 2 is 1.65 bits per heavy atom. The first-order chi connectivity index (χ1) is 8.00. The monoisotopic (exact) mass is 228 g/mol. The van der Waals surface area contributed by atoms with Crippen molar-refractivity contribution in [1.29, 1.82) is 0 Å². The zero-order valence-electron chi connectivity index (χ0n) is 10.6. The molecule has 2 rings (SSSR count). The number of hydrogen-bond acceptors (Lipinski definition) is 4. The first-order valence-electron chi connectivity index (χ1n) is 5.54. The molecule has 0 fully saturated rings. The van der Waals surface area contributed by atoms with Gasteiger partial charge in [0.2, 0.25) is 0 Å². The Labute approximate surface area is 101 Å². The van der Waals surface area contributed by atoms with E-state index >= 15 is 0 Å². The minimum Gasteiger partial charge on any atom is -0.382 e. The maximum Gasteiger partial charge on any atom is 0.154 e. The largest absolute Gasteiger partial charge is 0.382 e. The summed E-state index contributed by atoms with van der Waals surface area (Å²) in [5.41, 5.74) is 11.3. The predicted octanol–water partition coefficient (Wildman–Crippen LogP) is 2.35. The summed E-state index contributed by atoms with van der Waals surface area (Å²) in [7, 11) is 0. The molecule has 0 atom stereocenters. The first kappa shape index (κ1) is 11.5. The Morgan fingerprint density at radius 1 is 0.941 bits per heavy atom. The smallest absolute Gasteiger partial charge is 0.154 e. The molecule has 0 aliphatic rings. The fraction of sp³-hybridized carbons (Fsp3) is 0.308. The number of anilines is 1. The van der Waals surface area contributed by atoms with Crippen molar-refractivity contribution in [2.24, 2.45) is 0 Å². The average molecular weight is 228 g/mol. The van der Waals surface area contributed by atoms with Gasteiger partial charge < -0.3 is 5.73 Å². The molecule has 1 aromatic carbocycles. The van der Waals surface area contributed by atoms with Gasteiger partial charge in [0.15, 0.2) is 5.82 Å². The first-order valence-corrected chi connectivity index (χ1v) is 5.54. The van der Waals surface area contributed by atoms with Crippen LogP contribution in [0.5, 0.6) is 0 Å². The Bertz CT molecular complexity index is 576. The summed E-state index contributed by atoms with van der Waals surface area (Å²) in [6.07, 6.45) is 0. The summed E-state index contributed by atoms with van der Waals surface area (Å²) in [5.74, 6) is 1.02. The van der Waals surface area contributed by atoms with Crippen LogP contribution in [0.3, 0.4) is 0 Å². The summed E-state index contributed by atoms with van der Waals surface area (Å²) in [6.45, 7) is 8.03. The molecule has 1 heterocycles. The van der Waals surface area contributed by atoms with Crippen molar-refractivity contribution in [3.05, 3.63) is 34.6 Å². The van der Waals surface area contributed by atoms with Gasteiger partial charge >= 0.3 is 0 Å². The maximum absolute atomic E-state index is 5.90. The highest BCUT2D eigenvalue weighted by Crippen LogP contribution is 2.28. The summed E-state index contributed by atoms with van der Waals surface area (Å²) < 4.78 is 0. The molecule has 4 nitrogen and oxygen atoms in total. The van der Waals surface area contributed by atoms with Gasteiger partial charge in [-0.1, -0.05) is 12.1 Å². The van der Waals surface area contributed by atoms with Crippen LogP contribution in [-0.4, -0.2) is 15.2 Å². The van der Waals surface area contributed by atoms with Gasteiger partial charge in [-0.25, -0.2) is 4.98 Å². The lowest BCUT2D eigenvalue weighted by molar-refractivity contribution is 0.919. The molecule has 2 aromatic rings. The lowest BCUT2D eigenvalue weighted by Crippen LogP contribution is -2.03. The molecular weight excluding hydrogens is 212 g/mol. The molecule has 0 bridgehead atoms. The van der Waals surface area contributed by atoms with Crippen LogP contribution < -0.4 is 5.73 Å². The second kappa shape index (κ2) is 4.13. The van der Waals surface area contributed by atoms with Crippen LogP contribution in [0.2, 0.25) is 0 Å². The molecule has 2 N–H and O–H groups in total. The van der Waals surface area contributed by atoms with Crippen LogP contribution in [0.4, 0.5) is 5.82 Å². The van der Waals surface area contributed by atoms with E-state index in [4.69, 9.17) is 5.73 Å². The molecule has 1 aromatic heterocycles. The van der Waals surface area contributed by atoms with Crippen molar-refractivity contribution in [2.75, 3.05) is 5.73 Å². The molecule has 0 saturated carbocycles. The number of aromatic nitrogens is 3. The van der Waals surface area contributed by atoms with Crippen LogP contribution in [0.1, 0.15) is 22.5 Å². The standard InChI is InChI=1S/C13H16N4/c1-7-5-6-11(9(3)8(7)2)12-13(14)15-10(4)16-17-12/h5-6H,1-4H3,(H2,14,15,16). The topological polar surface area (TPSA) is 64.7 Å². The summed E-state index contributed by atoms with van der Waals surface area (Å²) in [6, 6.07) is 4.09. The van der Waals surface area contributed by atoms with Crippen molar-refractivity contribution in [1.82, 2.24) is 15.2 Å². The van der Waals surface area contributed by atoms with E-state index < -0.39 is 0 Å². The fourth-order valence-electron chi connectivity index (χ4n) is 1.83. The van der Waals surface area contributed by atoms with Crippen LogP contribution in [0.15, 0.2) is 12.1 Å². The summed E-state index contributed by atoms with van der Waals surface area (Å²) >= 11 is 0. The third kappa shape index (κ3) is 1.98. The van der Waals surface area contributed by atoms with Gasteiger partial charge in [-0.3, -0.25) is 0 Å². The highest BCUT2D eigenvalue weighted by Gasteiger charge is 2.11. The lowest BCUT2D eigenvalue weighted by atomic mass is 9.97. The fourth-order valence-corrected chi connectivity index (χ4v) is 1.83. The van der Waals surface area contributed by atoms with E-state index in [0.29, 0.717) is 17.3 Å². The van der Waals surface area contributed by atoms with E-state index in [9.17, 15) is 0 Å². The molecule has 0 radical (unpaired) electrons. The number of rotatable bonds is 1. The Morgan fingerprint density at radius 3 is 2.29 bits per heavy atom. The predicted molar refractivity (Wildman–Crippen MR) is 68.6 cm³/mol. The van der Waals surface area contributed by atoms with Gasteiger partial charge in [-0.15, -0.1) is 10.2 Å². The quantitative estimate of drug-likeness (QED) is 0.813. The highest BCUT2D eigenvalue weighted by molar-refractivity contribution is 5.73. The van der Waals surface area contributed by atoms with E-state index in [0.717, 1.165) is 5.56 Å². The third-order valence-electron chi connectivity index (χ3n) is 3.13.